The number of ketones is 1. The highest BCUT2D eigenvalue weighted by molar-refractivity contribution is 5.88. The van der Waals surface area contributed by atoms with Crippen molar-refractivity contribution in [2.24, 2.45) is 0 Å². The molecule has 2 N–H and O–H groups in total. The van der Waals surface area contributed by atoms with Crippen LogP contribution in [0.25, 0.3) is 10.9 Å². The Morgan fingerprint density at radius 1 is 1.37 bits per heavy atom. The topological polar surface area (TPSA) is 71.2 Å². The van der Waals surface area contributed by atoms with Crippen LogP contribution in [0.5, 0.6) is 0 Å². The Balaban J connectivity index is 2.21. The number of Topliss-reactive ketones (excluding diaryl/α,β-unsaturated/α-hetero) is 1. The van der Waals surface area contributed by atoms with Crippen molar-refractivity contribution < 1.29 is 14.3 Å². The molecule has 19 heavy (non-hydrogen) atoms. The van der Waals surface area contributed by atoms with E-state index in [0.29, 0.717) is 6.42 Å². The smallest absolute Gasteiger partial charge is 0.407 e. The summed E-state index contributed by atoms with van der Waals surface area (Å²) < 4.78 is 4.53. The van der Waals surface area contributed by atoms with Gasteiger partial charge in [-0.25, -0.2) is 4.79 Å². The van der Waals surface area contributed by atoms with E-state index >= 15 is 0 Å². The average molecular weight is 260 g/mol. The lowest BCUT2D eigenvalue weighted by atomic mass is 10.0. The second-order valence-electron chi connectivity index (χ2n) is 4.36. The molecule has 0 saturated heterocycles. The van der Waals surface area contributed by atoms with Crippen molar-refractivity contribution in [3.05, 3.63) is 36.0 Å². The molecule has 100 valence electrons. The van der Waals surface area contributed by atoms with Crippen molar-refractivity contribution in [1.82, 2.24) is 10.3 Å². The molecule has 5 nitrogen and oxygen atoms in total. The SMILES string of the molecule is COC(=O)N[C@H](Cc1c[nH]c2ccccc12)C(C)=O. The standard InChI is InChI=1S/C14H16N2O3/c1-9(17)13(16-14(18)19-2)7-10-8-15-12-6-4-3-5-11(10)12/h3-6,8,13,15H,7H2,1-2H3,(H,16,18)/t13-/m1/s1. The van der Waals surface area contributed by atoms with Gasteiger partial charge in [0.05, 0.1) is 13.2 Å². The summed E-state index contributed by atoms with van der Waals surface area (Å²) in [5.74, 6) is -0.101. The van der Waals surface area contributed by atoms with Crippen LogP contribution >= 0.6 is 0 Å². The van der Waals surface area contributed by atoms with Crippen LogP contribution in [0.1, 0.15) is 12.5 Å². The molecule has 5 heteroatoms. The molecule has 2 aromatic rings. The first-order valence-electron chi connectivity index (χ1n) is 6.01. The monoisotopic (exact) mass is 260 g/mol. The third-order valence-corrected chi connectivity index (χ3v) is 3.07. The number of carbonyl (C=O) groups is 2. The molecule has 0 aliphatic rings. The molecular weight excluding hydrogens is 244 g/mol. The molecule has 2 rings (SSSR count). The predicted octanol–water partition coefficient (Wildman–Crippen LogP) is 2.02. The van der Waals surface area contributed by atoms with Crippen LogP contribution in [0, 0.1) is 0 Å². The number of alkyl carbamates (subject to hydrolysis) is 1. The second-order valence-corrected chi connectivity index (χ2v) is 4.36. The van der Waals surface area contributed by atoms with E-state index in [1.165, 1.54) is 14.0 Å². The molecule has 0 spiro atoms. The third kappa shape index (κ3) is 2.93. The Kier molecular flexibility index (Phi) is 3.85. The number of amides is 1. The van der Waals surface area contributed by atoms with Gasteiger partial charge in [-0.3, -0.25) is 4.79 Å². The lowest BCUT2D eigenvalue weighted by Gasteiger charge is -2.14. The molecule has 1 aromatic carbocycles. The van der Waals surface area contributed by atoms with E-state index in [-0.39, 0.29) is 5.78 Å². The van der Waals surface area contributed by atoms with Crippen LogP contribution in [0.15, 0.2) is 30.5 Å². The summed E-state index contributed by atoms with van der Waals surface area (Å²) >= 11 is 0. The van der Waals surface area contributed by atoms with E-state index in [0.717, 1.165) is 16.5 Å². The van der Waals surface area contributed by atoms with Crippen molar-refractivity contribution in [2.45, 2.75) is 19.4 Å². The normalized spacial score (nSPS) is 12.1. The minimum Gasteiger partial charge on any atom is -0.453 e. The van der Waals surface area contributed by atoms with Gasteiger partial charge in [0.25, 0.3) is 0 Å². The van der Waals surface area contributed by atoms with Crippen LogP contribution in [-0.2, 0) is 16.0 Å². The summed E-state index contributed by atoms with van der Waals surface area (Å²) in [6, 6.07) is 7.26. The maximum Gasteiger partial charge on any atom is 0.407 e. The number of hydrogen-bond donors (Lipinski definition) is 2. The predicted molar refractivity (Wildman–Crippen MR) is 72.0 cm³/mol. The molecule has 0 unspecified atom stereocenters. The number of benzene rings is 1. The number of hydrogen-bond acceptors (Lipinski definition) is 3. The van der Waals surface area contributed by atoms with Crippen molar-refractivity contribution in [3.8, 4) is 0 Å². The van der Waals surface area contributed by atoms with E-state index in [1.54, 1.807) is 0 Å². The van der Waals surface area contributed by atoms with E-state index in [9.17, 15) is 9.59 Å². The minimum atomic E-state index is -0.597. The number of H-pyrrole nitrogens is 1. The van der Waals surface area contributed by atoms with Gasteiger partial charge >= 0.3 is 6.09 Å². The van der Waals surface area contributed by atoms with Crippen LogP contribution < -0.4 is 5.32 Å². The highest BCUT2D eigenvalue weighted by Gasteiger charge is 2.19. The maximum atomic E-state index is 11.6. The quantitative estimate of drug-likeness (QED) is 0.883. The first kappa shape index (κ1) is 13.1. The summed E-state index contributed by atoms with van der Waals surface area (Å²) in [5.41, 5.74) is 2.00. The highest BCUT2D eigenvalue weighted by Crippen LogP contribution is 2.19. The van der Waals surface area contributed by atoms with Crippen molar-refractivity contribution in [1.29, 1.82) is 0 Å². The molecular formula is C14H16N2O3. The van der Waals surface area contributed by atoms with Gasteiger partial charge < -0.3 is 15.0 Å². The fourth-order valence-corrected chi connectivity index (χ4v) is 2.02. The number of fused-ring (bicyclic) bond motifs is 1. The molecule has 1 heterocycles. The van der Waals surface area contributed by atoms with Crippen molar-refractivity contribution >= 4 is 22.8 Å². The van der Waals surface area contributed by atoms with Crippen molar-refractivity contribution in [2.75, 3.05) is 7.11 Å². The van der Waals surface area contributed by atoms with E-state index in [4.69, 9.17) is 0 Å². The Bertz CT molecular complexity index is 604. The van der Waals surface area contributed by atoms with E-state index in [2.05, 4.69) is 15.0 Å². The molecule has 1 amide bonds. The van der Waals surface area contributed by atoms with Crippen LogP contribution in [0.3, 0.4) is 0 Å². The number of para-hydroxylation sites is 1. The van der Waals surface area contributed by atoms with Crippen molar-refractivity contribution in [3.63, 3.8) is 0 Å². The molecule has 1 aromatic heterocycles. The summed E-state index contributed by atoms with van der Waals surface area (Å²) in [6.07, 6.45) is 1.70. The summed E-state index contributed by atoms with van der Waals surface area (Å²) in [7, 11) is 1.28. The fourth-order valence-electron chi connectivity index (χ4n) is 2.02. The first-order chi connectivity index (χ1) is 9.11. The largest absolute Gasteiger partial charge is 0.453 e. The van der Waals surface area contributed by atoms with Gasteiger partial charge in [0.2, 0.25) is 0 Å². The van der Waals surface area contributed by atoms with E-state index in [1.807, 2.05) is 30.5 Å². The molecule has 1 atom stereocenters. The number of nitrogens with one attached hydrogen (secondary N) is 2. The van der Waals surface area contributed by atoms with Crippen LogP contribution in [0.2, 0.25) is 0 Å². The zero-order valence-electron chi connectivity index (χ0n) is 10.9. The first-order valence-corrected chi connectivity index (χ1v) is 6.01. The summed E-state index contributed by atoms with van der Waals surface area (Å²) in [6.45, 7) is 1.45. The third-order valence-electron chi connectivity index (χ3n) is 3.07. The van der Waals surface area contributed by atoms with Gasteiger partial charge in [-0.2, -0.15) is 0 Å². The average Bonchev–Trinajstić information content (AvgIpc) is 2.81. The lowest BCUT2D eigenvalue weighted by molar-refractivity contribution is -0.118. The molecule has 0 fully saturated rings. The molecule has 0 saturated carbocycles. The number of ether oxygens (including phenoxy) is 1. The van der Waals surface area contributed by atoms with Gasteiger partial charge in [0.15, 0.2) is 5.78 Å². The van der Waals surface area contributed by atoms with Crippen LogP contribution in [0.4, 0.5) is 4.79 Å². The molecule has 0 bridgehead atoms. The Morgan fingerprint density at radius 2 is 2.11 bits per heavy atom. The van der Waals surface area contributed by atoms with Gasteiger partial charge in [-0.05, 0) is 18.6 Å². The van der Waals surface area contributed by atoms with Gasteiger partial charge in [-0.15, -0.1) is 0 Å². The highest BCUT2D eigenvalue weighted by atomic mass is 16.5. The molecule has 0 aliphatic carbocycles. The van der Waals surface area contributed by atoms with E-state index < -0.39 is 12.1 Å². The number of rotatable bonds is 4. The van der Waals surface area contributed by atoms with Gasteiger partial charge in [-0.1, -0.05) is 18.2 Å². The maximum absolute atomic E-state index is 11.6. The lowest BCUT2D eigenvalue weighted by Crippen LogP contribution is -2.41. The number of methoxy groups -OCH3 is 1. The van der Waals surface area contributed by atoms with Gasteiger partial charge in [0, 0.05) is 23.5 Å². The fraction of sp³-hybridized carbons (Fsp3) is 0.286. The zero-order valence-corrected chi connectivity index (χ0v) is 10.9. The summed E-state index contributed by atoms with van der Waals surface area (Å²) in [4.78, 5) is 25.9. The number of carbonyl (C=O) groups excluding carboxylic acids is 2. The summed E-state index contributed by atoms with van der Waals surface area (Å²) in [5, 5.41) is 3.60. The zero-order chi connectivity index (χ0) is 13.8. The Morgan fingerprint density at radius 3 is 2.79 bits per heavy atom. The molecule has 0 radical (unpaired) electrons. The Hall–Kier alpha value is -2.30. The number of aromatic amines is 1. The minimum absolute atomic E-state index is 0.101. The number of aromatic nitrogens is 1. The second kappa shape index (κ2) is 5.56. The van der Waals surface area contributed by atoms with Gasteiger partial charge in [0.1, 0.15) is 0 Å². The molecule has 0 aliphatic heterocycles. The Labute approximate surface area is 110 Å². The van der Waals surface area contributed by atoms with Crippen LogP contribution in [-0.4, -0.2) is 30.0 Å².